The first-order valence-corrected chi connectivity index (χ1v) is 7.54. The third kappa shape index (κ3) is 9.00. The van der Waals surface area contributed by atoms with Gasteiger partial charge in [0.1, 0.15) is 0 Å². The highest BCUT2D eigenvalue weighted by atomic mass is 16.1. The summed E-state index contributed by atoms with van der Waals surface area (Å²) in [5.74, 6) is 0.0335. The van der Waals surface area contributed by atoms with Crippen LogP contribution in [0.2, 0.25) is 0 Å². The van der Waals surface area contributed by atoms with Crippen LogP contribution < -0.4 is 11.1 Å². The van der Waals surface area contributed by atoms with Gasteiger partial charge >= 0.3 is 0 Å². The molecule has 114 valence electrons. The van der Waals surface area contributed by atoms with Crippen molar-refractivity contribution < 1.29 is 4.79 Å². The van der Waals surface area contributed by atoms with Gasteiger partial charge in [-0.1, -0.05) is 34.6 Å². The Morgan fingerprint density at radius 1 is 1.26 bits per heavy atom. The van der Waals surface area contributed by atoms with Gasteiger partial charge in [-0.2, -0.15) is 0 Å². The van der Waals surface area contributed by atoms with Gasteiger partial charge in [0.2, 0.25) is 5.91 Å². The van der Waals surface area contributed by atoms with Crippen molar-refractivity contribution in [3.8, 4) is 0 Å². The predicted molar refractivity (Wildman–Crippen MR) is 82.0 cm³/mol. The average Bonchev–Trinajstić information content (AvgIpc) is 2.33. The highest BCUT2D eigenvalue weighted by Crippen LogP contribution is 2.23. The molecule has 19 heavy (non-hydrogen) atoms. The molecule has 3 N–H and O–H groups in total. The molecule has 1 amide bonds. The van der Waals surface area contributed by atoms with Gasteiger partial charge in [0.15, 0.2) is 0 Å². The second-order valence-corrected chi connectivity index (χ2v) is 6.42. The van der Waals surface area contributed by atoms with Crippen LogP contribution in [-0.4, -0.2) is 43.5 Å². The number of nitrogens with one attached hydrogen (secondary N) is 1. The van der Waals surface area contributed by atoms with Gasteiger partial charge in [-0.15, -0.1) is 0 Å². The number of carbonyl (C=O) groups excluding carboxylic acids is 1. The number of nitrogens with zero attached hydrogens (tertiary/aromatic N) is 1. The summed E-state index contributed by atoms with van der Waals surface area (Å²) in [5.41, 5.74) is 5.85. The van der Waals surface area contributed by atoms with Crippen molar-refractivity contribution in [1.82, 2.24) is 10.2 Å². The third-order valence-electron chi connectivity index (χ3n) is 3.23. The third-order valence-corrected chi connectivity index (χ3v) is 3.23. The fourth-order valence-corrected chi connectivity index (χ4v) is 2.25. The zero-order valence-corrected chi connectivity index (χ0v) is 13.5. The Balaban J connectivity index is 4.07. The predicted octanol–water partition coefficient (Wildman–Crippen LogP) is 1.85. The molecule has 0 spiro atoms. The molecule has 1 atom stereocenters. The first kappa shape index (κ1) is 18.4. The molecule has 1 unspecified atom stereocenters. The lowest BCUT2D eigenvalue weighted by molar-refractivity contribution is -0.125. The minimum atomic E-state index is -0.0683. The van der Waals surface area contributed by atoms with Crippen LogP contribution in [0.3, 0.4) is 0 Å². The zero-order valence-electron chi connectivity index (χ0n) is 13.5. The van der Waals surface area contributed by atoms with Gasteiger partial charge in [-0.25, -0.2) is 0 Å². The summed E-state index contributed by atoms with van der Waals surface area (Å²) < 4.78 is 0. The second-order valence-electron chi connectivity index (χ2n) is 6.42. The van der Waals surface area contributed by atoms with Crippen molar-refractivity contribution in [3.63, 3.8) is 0 Å². The Morgan fingerprint density at radius 2 is 1.89 bits per heavy atom. The van der Waals surface area contributed by atoms with Crippen LogP contribution in [0.15, 0.2) is 0 Å². The monoisotopic (exact) mass is 271 g/mol. The Bertz CT molecular complexity index is 248. The molecule has 0 aromatic rings. The van der Waals surface area contributed by atoms with Crippen molar-refractivity contribution >= 4 is 5.91 Å². The van der Waals surface area contributed by atoms with Crippen molar-refractivity contribution in [2.24, 2.45) is 17.1 Å². The normalized spacial score (nSPS) is 13.6. The standard InChI is InChI=1S/C15H33N3O/c1-6-9-18(7-2)10-8-17-14(19)13(12-16)11-15(3,4)5/h13H,6-12,16H2,1-5H3,(H,17,19). The number of hydrogen-bond donors (Lipinski definition) is 2. The largest absolute Gasteiger partial charge is 0.355 e. The van der Waals surface area contributed by atoms with Crippen LogP contribution >= 0.6 is 0 Å². The number of rotatable bonds is 9. The number of nitrogens with two attached hydrogens (primary N) is 1. The molecule has 0 aliphatic carbocycles. The lowest BCUT2D eigenvalue weighted by Crippen LogP contribution is -2.41. The highest BCUT2D eigenvalue weighted by Gasteiger charge is 2.23. The van der Waals surface area contributed by atoms with Crippen LogP contribution in [0.4, 0.5) is 0 Å². The van der Waals surface area contributed by atoms with E-state index in [-0.39, 0.29) is 17.2 Å². The van der Waals surface area contributed by atoms with Crippen LogP contribution in [0.1, 0.15) is 47.5 Å². The molecular formula is C15H33N3O. The number of carbonyl (C=O) groups is 1. The molecule has 0 rings (SSSR count). The molecule has 0 aromatic carbocycles. The van der Waals surface area contributed by atoms with Crippen LogP contribution in [0.5, 0.6) is 0 Å². The Morgan fingerprint density at radius 3 is 2.32 bits per heavy atom. The first-order chi connectivity index (χ1) is 8.84. The summed E-state index contributed by atoms with van der Waals surface area (Å²) >= 11 is 0. The smallest absolute Gasteiger partial charge is 0.224 e. The summed E-state index contributed by atoms with van der Waals surface area (Å²) in [6, 6.07) is 0. The van der Waals surface area contributed by atoms with Crippen molar-refractivity contribution in [3.05, 3.63) is 0 Å². The van der Waals surface area contributed by atoms with Gasteiger partial charge in [-0.3, -0.25) is 4.79 Å². The summed E-state index contributed by atoms with van der Waals surface area (Å²) in [5, 5.41) is 3.02. The molecule has 0 radical (unpaired) electrons. The maximum Gasteiger partial charge on any atom is 0.224 e. The molecule has 4 nitrogen and oxygen atoms in total. The quantitative estimate of drug-likeness (QED) is 0.673. The number of amides is 1. The van der Waals surface area contributed by atoms with E-state index in [9.17, 15) is 4.79 Å². The molecule has 0 fully saturated rings. The summed E-state index contributed by atoms with van der Waals surface area (Å²) in [6.07, 6.45) is 1.99. The van der Waals surface area contributed by atoms with E-state index in [1.54, 1.807) is 0 Å². The van der Waals surface area contributed by atoms with Gasteiger partial charge in [-0.05, 0) is 31.3 Å². The molecule has 4 heteroatoms. The molecule has 0 aromatic heterocycles. The Hall–Kier alpha value is -0.610. The topological polar surface area (TPSA) is 58.4 Å². The minimum Gasteiger partial charge on any atom is -0.355 e. The summed E-state index contributed by atoms with van der Waals surface area (Å²) in [4.78, 5) is 14.4. The maximum atomic E-state index is 12.1. The van der Waals surface area contributed by atoms with Crippen molar-refractivity contribution in [2.75, 3.05) is 32.7 Å². The minimum absolute atomic E-state index is 0.0683. The van der Waals surface area contributed by atoms with Crippen molar-refractivity contribution in [2.45, 2.75) is 47.5 Å². The first-order valence-electron chi connectivity index (χ1n) is 7.54. The Kier molecular flexibility index (Phi) is 9.02. The highest BCUT2D eigenvalue weighted by molar-refractivity contribution is 5.78. The molecule has 0 aliphatic rings. The molecular weight excluding hydrogens is 238 g/mol. The van der Waals surface area contributed by atoms with Gasteiger partial charge < -0.3 is 16.0 Å². The van der Waals surface area contributed by atoms with E-state index in [4.69, 9.17) is 5.73 Å². The van der Waals surface area contributed by atoms with Gasteiger partial charge in [0, 0.05) is 19.6 Å². The number of hydrogen-bond acceptors (Lipinski definition) is 3. The van der Waals surface area contributed by atoms with Gasteiger partial charge in [0.25, 0.3) is 0 Å². The van der Waals surface area contributed by atoms with Crippen LogP contribution in [0.25, 0.3) is 0 Å². The Labute approximate surface area is 119 Å². The van der Waals surface area contributed by atoms with Crippen LogP contribution in [0, 0.1) is 11.3 Å². The number of likely N-dealkylation sites (N-methyl/N-ethyl adjacent to an activating group) is 1. The summed E-state index contributed by atoms with van der Waals surface area (Å²) in [6.45, 7) is 14.9. The van der Waals surface area contributed by atoms with E-state index in [0.29, 0.717) is 13.1 Å². The molecule has 0 aliphatic heterocycles. The van der Waals surface area contributed by atoms with E-state index in [0.717, 1.165) is 32.5 Å². The van der Waals surface area contributed by atoms with Crippen molar-refractivity contribution in [1.29, 1.82) is 0 Å². The molecule has 0 bridgehead atoms. The lowest BCUT2D eigenvalue weighted by atomic mass is 9.84. The lowest BCUT2D eigenvalue weighted by Gasteiger charge is -2.25. The van der Waals surface area contributed by atoms with E-state index >= 15 is 0 Å². The van der Waals surface area contributed by atoms with E-state index in [1.807, 2.05) is 0 Å². The fraction of sp³-hybridized carbons (Fsp3) is 0.933. The van der Waals surface area contributed by atoms with E-state index in [2.05, 4.69) is 44.8 Å². The van der Waals surface area contributed by atoms with Gasteiger partial charge in [0.05, 0.1) is 5.92 Å². The zero-order chi connectivity index (χ0) is 14.9. The SMILES string of the molecule is CCCN(CC)CCNC(=O)C(CN)CC(C)(C)C. The molecule has 0 saturated carbocycles. The van der Waals surface area contributed by atoms with E-state index in [1.165, 1.54) is 0 Å². The average molecular weight is 271 g/mol. The van der Waals surface area contributed by atoms with E-state index < -0.39 is 0 Å². The molecule has 0 heterocycles. The maximum absolute atomic E-state index is 12.1. The summed E-state index contributed by atoms with van der Waals surface area (Å²) in [7, 11) is 0. The fourth-order valence-electron chi connectivity index (χ4n) is 2.25. The molecule has 0 saturated heterocycles. The second kappa shape index (κ2) is 9.32. The van der Waals surface area contributed by atoms with Crippen LogP contribution in [-0.2, 0) is 4.79 Å².